The second-order valence-electron chi connectivity index (χ2n) is 4.57. The minimum Gasteiger partial charge on any atom is -0.318 e. The molecule has 0 fully saturated rings. The van der Waals surface area contributed by atoms with Gasteiger partial charge in [-0.05, 0) is 11.1 Å². The van der Waals surface area contributed by atoms with E-state index in [1.807, 2.05) is 60.7 Å². The zero-order valence-corrected chi connectivity index (χ0v) is 11.4. The molecule has 0 spiro atoms. The van der Waals surface area contributed by atoms with Gasteiger partial charge in [-0.1, -0.05) is 60.7 Å². The van der Waals surface area contributed by atoms with Crippen molar-refractivity contribution >= 4 is 5.91 Å². The Hall–Kier alpha value is -2.60. The van der Waals surface area contributed by atoms with Crippen LogP contribution in [0, 0.1) is 11.3 Å². The summed E-state index contributed by atoms with van der Waals surface area (Å²) in [5, 5.41) is 9.43. The minimum absolute atomic E-state index is 0.107. The summed E-state index contributed by atoms with van der Waals surface area (Å²) >= 11 is 0. The molecule has 0 aliphatic carbocycles. The third kappa shape index (κ3) is 3.24. The second-order valence-corrected chi connectivity index (χ2v) is 4.57. The van der Waals surface area contributed by atoms with E-state index >= 15 is 0 Å². The van der Waals surface area contributed by atoms with Crippen molar-refractivity contribution < 1.29 is 4.79 Å². The predicted molar refractivity (Wildman–Crippen MR) is 77.5 cm³/mol. The number of hydrogen-bond donors (Lipinski definition) is 0. The average Bonchev–Trinajstić information content (AvgIpc) is 2.49. The molecule has 0 bridgehead atoms. The largest absolute Gasteiger partial charge is 0.318 e. The van der Waals surface area contributed by atoms with Gasteiger partial charge in [0.25, 0.3) is 0 Å². The van der Waals surface area contributed by atoms with Crippen molar-refractivity contribution in [1.82, 2.24) is 4.90 Å². The van der Waals surface area contributed by atoms with E-state index in [0.717, 1.165) is 11.1 Å². The van der Waals surface area contributed by atoms with Gasteiger partial charge in [0, 0.05) is 13.5 Å². The molecule has 20 heavy (non-hydrogen) atoms. The SMILES string of the molecule is CC(=O)N(Cc1ccccc1)[C@@H](C#N)c1ccccc1. The van der Waals surface area contributed by atoms with Gasteiger partial charge in [0.05, 0.1) is 6.07 Å². The summed E-state index contributed by atoms with van der Waals surface area (Å²) in [4.78, 5) is 13.5. The van der Waals surface area contributed by atoms with E-state index in [4.69, 9.17) is 0 Å². The molecular weight excluding hydrogens is 248 g/mol. The molecule has 0 heterocycles. The van der Waals surface area contributed by atoms with Gasteiger partial charge in [0.1, 0.15) is 6.04 Å². The molecule has 0 aliphatic rings. The highest BCUT2D eigenvalue weighted by molar-refractivity contribution is 5.74. The number of rotatable bonds is 4. The van der Waals surface area contributed by atoms with E-state index in [1.165, 1.54) is 6.92 Å². The van der Waals surface area contributed by atoms with Crippen LogP contribution in [0.2, 0.25) is 0 Å². The first-order valence-electron chi connectivity index (χ1n) is 6.48. The molecule has 1 amide bonds. The normalized spacial score (nSPS) is 11.4. The molecule has 100 valence electrons. The Morgan fingerprint density at radius 3 is 2.15 bits per heavy atom. The number of nitrogens with zero attached hydrogens (tertiary/aromatic N) is 2. The van der Waals surface area contributed by atoms with Gasteiger partial charge in [0.15, 0.2) is 0 Å². The van der Waals surface area contributed by atoms with Crippen molar-refractivity contribution in [1.29, 1.82) is 5.26 Å². The fourth-order valence-electron chi connectivity index (χ4n) is 2.12. The van der Waals surface area contributed by atoms with Crippen LogP contribution < -0.4 is 0 Å². The first-order chi connectivity index (χ1) is 9.72. The molecule has 3 heteroatoms. The Balaban J connectivity index is 2.28. The highest BCUT2D eigenvalue weighted by atomic mass is 16.2. The van der Waals surface area contributed by atoms with Gasteiger partial charge in [-0.3, -0.25) is 4.79 Å². The lowest BCUT2D eigenvalue weighted by Gasteiger charge is -2.26. The highest BCUT2D eigenvalue weighted by Crippen LogP contribution is 2.22. The van der Waals surface area contributed by atoms with Crippen molar-refractivity contribution in [2.75, 3.05) is 0 Å². The molecule has 3 nitrogen and oxygen atoms in total. The lowest BCUT2D eigenvalue weighted by Crippen LogP contribution is -2.31. The molecule has 2 aromatic rings. The lowest BCUT2D eigenvalue weighted by atomic mass is 10.1. The van der Waals surface area contributed by atoms with E-state index < -0.39 is 6.04 Å². The fourth-order valence-corrected chi connectivity index (χ4v) is 2.12. The van der Waals surface area contributed by atoms with Gasteiger partial charge in [-0.2, -0.15) is 5.26 Å². The van der Waals surface area contributed by atoms with Crippen LogP contribution in [0.1, 0.15) is 24.1 Å². The molecule has 0 N–H and O–H groups in total. The monoisotopic (exact) mass is 264 g/mol. The predicted octanol–water partition coefficient (Wildman–Crippen LogP) is 3.30. The summed E-state index contributed by atoms with van der Waals surface area (Å²) in [5.74, 6) is -0.107. The first kappa shape index (κ1) is 13.8. The fraction of sp³-hybridized carbons (Fsp3) is 0.176. The van der Waals surface area contributed by atoms with E-state index in [1.54, 1.807) is 4.90 Å². The maximum atomic E-state index is 11.9. The summed E-state index contributed by atoms with van der Waals surface area (Å²) in [7, 11) is 0. The topological polar surface area (TPSA) is 44.1 Å². The second kappa shape index (κ2) is 6.53. The first-order valence-corrected chi connectivity index (χ1v) is 6.48. The van der Waals surface area contributed by atoms with Crippen LogP contribution in [-0.4, -0.2) is 10.8 Å². The molecule has 2 aromatic carbocycles. The van der Waals surface area contributed by atoms with E-state index in [-0.39, 0.29) is 5.91 Å². The smallest absolute Gasteiger partial charge is 0.221 e. The molecule has 1 atom stereocenters. The van der Waals surface area contributed by atoms with Crippen LogP contribution in [0.3, 0.4) is 0 Å². The number of benzene rings is 2. The number of amides is 1. The van der Waals surface area contributed by atoms with Crippen LogP contribution in [-0.2, 0) is 11.3 Å². The quantitative estimate of drug-likeness (QED) is 0.850. The summed E-state index contributed by atoms with van der Waals surface area (Å²) in [6.07, 6.45) is 0. The molecule has 2 rings (SSSR count). The lowest BCUT2D eigenvalue weighted by molar-refractivity contribution is -0.130. The van der Waals surface area contributed by atoms with Crippen LogP contribution in [0.15, 0.2) is 60.7 Å². The number of nitriles is 1. The molecular formula is C17H16N2O. The molecule has 0 saturated carbocycles. The summed E-state index contributed by atoms with van der Waals surface area (Å²) in [6, 6.07) is 20.7. The third-order valence-electron chi connectivity index (χ3n) is 3.15. The van der Waals surface area contributed by atoms with Crippen LogP contribution >= 0.6 is 0 Å². The number of carbonyl (C=O) groups excluding carboxylic acids is 1. The maximum absolute atomic E-state index is 11.9. The van der Waals surface area contributed by atoms with Crippen molar-refractivity contribution in [2.24, 2.45) is 0 Å². The Kier molecular flexibility index (Phi) is 4.52. The molecule has 0 radical (unpaired) electrons. The highest BCUT2D eigenvalue weighted by Gasteiger charge is 2.22. The van der Waals surface area contributed by atoms with Gasteiger partial charge in [0.2, 0.25) is 5.91 Å². The summed E-state index contributed by atoms with van der Waals surface area (Å²) in [5.41, 5.74) is 1.85. The maximum Gasteiger partial charge on any atom is 0.221 e. The zero-order chi connectivity index (χ0) is 14.4. The van der Waals surface area contributed by atoms with Crippen LogP contribution in [0.4, 0.5) is 0 Å². The molecule has 0 aliphatic heterocycles. The Morgan fingerprint density at radius 2 is 1.65 bits per heavy atom. The van der Waals surface area contributed by atoms with Gasteiger partial charge in [-0.15, -0.1) is 0 Å². The van der Waals surface area contributed by atoms with Crippen molar-refractivity contribution in [3.05, 3.63) is 71.8 Å². The van der Waals surface area contributed by atoms with Crippen LogP contribution in [0.5, 0.6) is 0 Å². The zero-order valence-electron chi connectivity index (χ0n) is 11.4. The standard InChI is InChI=1S/C17H16N2O/c1-14(20)19(13-15-8-4-2-5-9-15)17(12-18)16-10-6-3-7-11-16/h2-11,17H,13H2,1H3/t17-/m0/s1. The summed E-state index contributed by atoms with van der Waals surface area (Å²) < 4.78 is 0. The van der Waals surface area contributed by atoms with E-state index in [9.17, 15) is 10.1 Å². The Bertz CT molecular complexity index is 602. The van der Waals surface area contributed by atoms with E-state index in [2.05, 4.69) is 6.07 Å². The number of hydrogen-bond acceptors (Lipinski definition) is 2. The van der Waals surface area contributed by atoms with Gasteiger partial charge in [-0.25, -0.2) is 0 Å². The van der Waals surface area contributed by atoms with Crippen molar-refractivity contribution in [3.8, 4) is 6.07 Å². The van der Waals surface area contributed by atoms with E-state index in [0.29, 0.717) is 6.54 Å². The van der Waals surface area contributed by atoms with Crippen molar-refractivity contribution in [2.45, 2.75) is 19.5 Å². The number of carbonyl (C=O) groups is 1. The third-order valence-corrected chi connectivity index (χ3v) is 3.15. The minimum atomic E-state index is -0.561. The molecule has 0 aromatic heterocycles. The van der Waals surface area contributed by atoms with Crippen molar-refractivity contribution in [3.63, 3.8) is 0 Å². The molecule has 0 unspecified atom stereocenters. The Labute approximate surface area is 119 Å². The van der Waals surface area contributed by atoms with Gasteiger partial charge < -0.3 is 4.90 Å². The molecule has 0 saturated heterocycles. The van der Waals surface area contributed by atoms with Gasteiger partial charge >= 0.3 is 0 Å². The average molecular weight is 264 g/mol. The summed E-state index contributed by atoms with van der Waals surface area (Å²) in [6.45, 7) is 1.93. The van der Waals surface area contributed by atoms with Crippen LogP contribution in [0.25, 0.3) is 0 Å². The Morgan fingerprint density at radius 1 is 1.10 bits per heavy atom.